The van der Waals surface area contributed by atoms with Gasteiger partial charge in [-0.2, -0.15) is 28.8 Å². The second kappa shape index (κ2) is 9.57. The fourth-order valence-corrected chi connectivity index (χ4v) is 2.85. The van der Waals surface area contributed by atoms with Crippen LogP contribution < -0.4 is 0 Å². The number of pyridine rings is 1. The van der Waals surface area contributed by atoms with Crippen LogP contribution in [0.15, 0.2) is 49.3 Å². The highest BCUT2D eigenvalue weighted by Crippen LogP contribution is 2.27. The largest absolute Gasteiger partial charge is 0.490 e. The molecule has 13 heteroatoms. The lowest BCUT2D eigenvalue weighted by atomic mass is 10.1. The molecule has 0 aromatic carbocycles. The number of hydrogen-bond acceptors (Lipinski definition) is 7. The van der Waals surface area contributed by atoms with Crippen molar-refractivity contribution in [1.82, 2.24) is 29.7 Å². The molecule has 4 heterocycles. The summed E-state index contributed by atoms with van der Waals surface area (Å²) in [5, 5.41) is 30.7. The Bertz CT molecular complexity index is 1360. The Morgan fingerprint density at radius 2 is 2.00 bits per heavy atom. The number of alkyl halides is 3. The van der Waals surface area contributed by atoms with E-state index in [-0.39, 0.29) is 12.5 Å². The fourth-order valence-electron chi connectivity index (χ4n) is 2.85. The Kier molecular flexibility index (Phi) is 6.64. The molecular weight excluding hydrogens is 441 g/mol. The zero-order valence-corrected chi connectivity index (χ0v) is 16.5. The first kappa shape index (κ1) is 22.9. The lowest BCUT2D eigenvalue weighted by Gasteiger charge is -2.13. The Labute approximate surface area is 183 Å². The molecule has 0 spiro atoms. The lowest BCUT2D eigenvalue weighted by Crippen LogP contribution is -2.21. The molecule has 0 saturated heterocycles. The van der Waals surface area contributed by atoms with E-state index in [1.807, 2.05) is 18.5 Å². The number of nitrogens with one attached hydrogen (secondary N) is 1. The minimum atomic E-state index is -5.08. The molecule has 33 heavy (non-hydrogen) atoms. The predicted octanol–water partition coefficient (Wildman–Crippen LogP) is 3.22. The number of carboxylic acid groups (broad SMARTS) is 1. The second-order valence-electron chi connectivity index (χ2n) is 6.43. The van der Waals surface area contributed by atoms with E-state index in [1.54, 1.807) is 29.2 Å². The summed E-state index contributed by atoms with van der Waals surface area (Å²) in [4.78, 5) is 24.8. The maximum atomic E-state index is 10.6. The number of nitrogens with zero attached hydrogens (tertiary/aromatic N) is 7. The third-order valence-corrected chi connectivity index (χ3v) is 4.33. The number of H-pyrrole nitrogens is 1. The molecule has 0 bridgehead atoms. The van der Waals surface area contributed by atoms with Crippen LogP contribution >= 0.6 is 0 Å². The van der Waals surface area contributed by atoms with Crippen molar-refractivity contribution in [3.63, 3.8) is 0 Å². The van der Waals surface area contributed by atoms with Crippen molar-refractivity contribution in [2.75, 3.05) is 0 Å². The van der Waals surface area contributed by atoms with Crippen LogP contribution in [0, 0.1) is 22.7 Å². The van der Waals surface area contributed by atoms with E-state index >= 15 is 0 Å². The van der Waals surface area contributed by atoms with Gasteiger partial charge in [0.25, 0.3) is 0 Å². The first-order chi connectivity index (χ1) is 15.7. The van der Waals surface area contributed by atoms with Gasteiger partial charge in [0.2, 0.25) is 0 Å². The molecule has 0 aliphatic rings. The molecule has 1 unspecified atom stereocenters. The molecule has 166 valence electrons. The average Bonchev–Trinajstić information content (AvgIpc) is 3.47. The second-order valence-corrected chi connectivity index (χ2v) is 6.43. The third kappa shape index (κ3) is 5.29. The Balaban J connectivity index is 0.000000383. The highest BCUT2D eigenvalue weighted by Gasteiger charge is 2.38. The average molecular weight is 454 g/mol. The van der Waals surface area contributed by atoms with Gasteiger partial charge in [0.05, 0.1) is 41.7 Å². The van der Waals surface area contributed by atoms with Gasteiger partial charge in [0.15, 0.2) is 0 Å². The summed E-state index contributed by atoms with van der Waals surface area (Å²) < 4.78 is 33.4. The minimum absolute atomic E-state index is 0.187. The van der Waals surface area contributed by atoms with Crippen LogP contribution in [-0.4, -0.2) is 47.0 Å². The van der Waals surface area contributed by atoms with Gasteiger partial charge in [0.1, 0.15) is 18.0 Å². The number of carboxylic acids is 1. The van der Waals surface area contributed by atoms with Crippen LogP contribution in [0.5, 0.6) is 0 Å². The molecule has 0 amide bonds. The smallest absolute Gasteiger partial charge is 0.475 e. The fraction of sp³-hybridized carbons (Fsp3) is 0.150. The minimum Gasteiger partial charge on any atom is -0.475 e. The SMILES string of the molecule is N#CCC(c1cc(C#N)ccn1)n1cc(-c2ncnc3[nH]ccc23)cn1.O=C(O)C(F)(F)F. The number of aromatic amines is 1. The molecule has 2 N–H and O–H groups in total. The zero-order valence-electron chi connectivity index (χ0n) is 16.5. The van der Waals surface area contributed by atoms with Crippen LogP contribution in [0.25, 0.3) is 22.3 Å². The molecule has 0 saturated carbocycles. The maximum Gasteiger partial charge on any atom is 0.490 e. The monoisotopic (exact) mass is 454 g/mol. The van der Waals surface area contributed by atoms with Gasteiger partial charge < -0.3 is 10.1 Å². The number of halogens is 3. The topological polar surface area (TPSA) is 157 Å². The van der Waals surface area contributed by atoms with Gasteiger partial charge in [-0.3, -0.25) is 9.67 Å². The molecule has 0 fully saturated rings. The predicted molar refractivity (Wildman–Crippen MR) is 106 cm³/mol. The summed E-state index contributed by atoms with van der Waals surface area (Å²) in [5.74, 6) is -2.76. The normalized spacial score (nSPS) is 11.7. The molecule has 0 aliphatic carbocycles. The molecule has 4 aromatic rings. The molecule has 0 aliphatic heterocycles. The summed E-state index contributed by atoms with van der Waals surface area (Å²) in [5.41, 5.74) is 3.44. The highest BCUT2D eigenvalue weighted by atomic mass is 19.4. The number of carbonyl (C=O) groups is 1. The summed E-state index contributed by atoms with van der Waals surface area (Å²) in [6, 6.07) is 9.09. The molecular formula is C20H13F3N8O2. The third-order valence-electron chi connectivity index (χ3n) is 4.33. The van der Waals surface area contributed by atoms with Crippen molar-refractivity contribution in [2.45, 2.75) is 18.6 Å². The van der Waals surface area contributed by atoms with E-state index in [1.165, 1.54) is 6.33 Å². The standard InChI is InChI=1S/C18H12N8.C2HF3O2/c19-4-1-16(15-7-12(8-20)2-5-21-15)26-10-13(9-25-26)17-14-3-6-22-18(14)24-11-23-17;3-2(4,5)1(6)7/h2-3,5-7,9-11,16H,1H2,(H,22,23,24);(H,6,7). The zero-order chi connectivity index (χ0) is 24.0. The quantitative estimate of drug-likeness (QED) is 0.476. The van der Waals surface area contributed by atoms with Crippen LogP contribution in [0.2, 0.25) is 0 Å². The number of aromatic nitrogens is 6. The summed E-state index contributed by atoms with van der Waals surface area (Å²) in [7, 11) is 0. The van der Waals surface area contributed by atoms with E-state index < -0.39 is 12.1 Å². The summed E-state index contributed by atoms with van der Waals surface area (Å²) in [6.07, 6.45) is 3.51. The van der Waals surface area contributed by atoms with Crippen LogP contribution in [0.1, 0.15) is 23.7 Å². The number of fused-ring (bicyclic) bond motifs is 1. The van der Waals surface area contributed by atoms with Crippen molar-refractivity contribution in [3.05, 3.63) is 60.6 Å². The molecule has 4 aromatic heterocycles. The molecule has 10 nitrogen and oxygen atoms in total. The van der Waals surface area contributed by atoms with Gasteiger partial charge in [-0.15, -0.1) is 0 Å². The summed E-state index contributed by atoms with van der Waals surface area (Å²) >= 11 is 0. The van der Waals surface area contributed by atoms with E-state index in [0.717, 1.165) is 22.3 Å². The van der Waals surface area contributed by atoms with Crippen LogP contribution in [-0.2, 0) is 4.79 Å². The van der Waals surface area contributed by atoms with Crippen molar-refractivity contribution < 1.29 is 23.1 Å². The Morgan fingerprint density at radius 1 is 1.24 bits per heavy atom. The first-order valence-electron chi connectivity index (χ1n) is 9.10. The molecule has 1 atom stereocenters. The van der Waals surface area contributed by atoms with Crippen molar-refractivity contribution >= 4 is 17.0 Å². The Hall–Kier alpha value is -4.78. The van der Waals surface area contributed by atoms with E-state index in [2.05, 4.69) is 37.2 Å². The van der Waals surface area contributed by atoms with Gasteiger partial charge in [0, 0.05) is 29.5 Å². The van der Waals surface area contributed by atoms with E-state index in [4.69, 9.17) is 15.2 Å². The first-order valence-corrected chi connectivity index (χ1v) is 9.10. The summed E-state index contributed by atoms with van der Waals surface area (Å²) in [6.45, 7) is 0. The van der Waals surface area contributed by atoms with Gasteiger partial charge in [-0.05, 0) is 18.2 Å². The number of aliphatic carboxylic acids is 1. The van der Waals surface area contributed by atoms with Crippen molar-refractivity contribution in [1.29, 1.82) is 10.5 Å². The van der Waals surface area contributed by atoms with Crippen LogP contribution in [0.4, 0.5) is 13.2 Å². The number of nitriles is 2. The van der Waals surface area contributed by atoms with Gasteiger partial charge in [-0.25, -0.2) is 14.8 Å². The maximum absolute atomic E-state index is 10.6. The van der Waals surface area contributed by atoms with E-state index in [0.29, 0.717) is 11.3 Å². The van der Waals surface area contributed by atoms with Gasteiger partial charge >= 0.3 is 12.1 Å². The molecule has 0 radical (unpaired) electrons. The van der Waals surface area contributed by atoms with Crippen LogP contribution in [0.3, 0.4) is 0 Å². The number of rotatable bonds is 4. The molecule has 4 rings (SSSR count). The lowest BCUT2D eigenvalue weighted by molar-refractivity contribution is -0.192. The van der Waals surface area contributed by atoms with Crippen molar-refractivity contribution in [3.8, 4) is 23.4 Å². The van der Waals surface area contributed by atoms with Gasteiger partial charge in [-0.1, -0.05) is 0 Å². The van der Waals surface area contributed by atoms with E-state index in [9.17, 15) is 18.4 Å². The number of hydrogen-bond donors (Lipinski definition) is 2. The Morgan fingerprint density at radius 3 is 2.67 bits per heavy atom. The van der Waals surface area contributed by atoms with Crippen molar-refractivity contribution in [2.24, 2.45) is 0 Å². The highest BCUT2D eigenvalue weighted by molar-refractivity contribution is 5.89.